The molecule has 0 aromatic carbocycles. The van der Waals surface area contributed by atoms with Crippen LogP contribution >= 0.6 is 0 Å². The maximum atomic E-state index is 7.12. The highest BCUT2D eigenvalue weighted by Gasteiger charge is 2.39. The van der Waals surface area contributed by atoms with E-state index in [9.17, 15) is 0 Å². The predicted octanol–water partition coefficient (Wildman–Crippen LogP) is 13.1. The molecular formula is C36H72O. The van der Waals surface area contributed by atoms with Gasteiger partial charge < -0.3 is 4.74 Å². The summed E-state index contributed by atoms with van der Waals surface area (Å²) < 4.78 is 7.12. The second-order valence-electron chi connectivity index (χ2n) is 12.8. The van der Waals surface area contributed by atoms with Crippen LogP contribution in [0.25, 0.3) is 0 Å². The molecule has 1 atom stereocenters. The van der Waals surface area contributed by atoms with Gasteiger partial charge in [-0.15, -0.1) is 0 Å². The zero-order chi connectivity index (χ0) is 26.7. The minimum absolute atomic E-state index is 0.202. The largest absolute Gasteiger partial charge is 0.375 e. The third-order valence-electron chi connectivity index (χ3n) is 9.39. The summed E-state index contributed by atoms with van der Waals surface area (Å²) in [5.41, 5.74) is 0.202. The molecule has 222 valence electrons. The number of rotatable bonds is 28. The van der Waals surface area contributed by atoms with Gasteiger partial charge in [0, 0.05) is 6.61 Å². The SMILES string of the molecule is CCCCCCCCCCOC(CCCCCCCCC)(CCCCCCCCCC)C1CCCCC1. The minimum Gasteiger partial charge on any atom is -0.375 e. The lowest BCUT2D eigenvalue weighted by atomic mass is 9.71. The molecule has 1 nitrogen and oxygen atoms in total. The first-order valence-electron chi connectivity index (χ1n) is 17.9. The minimum atomic E-state index is 0.202. The fourth-order valence-electron chi connectivity index (χ4n) is 6.87. The second-order valence-corrected chi connectivity index (χ2v) is 12.8. The highest BCUT2D eigenvalue weighted by molar-refractivity contribution is 4.90. The van der Waals surface area contributed by atoms with Crippen molar-refractivity contribution in [2.45, 2.75) is 219 Å². The molecule has 1 unspecified atom stereocenters. The van der Waals surface area contributed by atoms with Crippen molar-refractivity contribution in [2.75, 3.05) is 6.61 Å². The summed E-state index contributed by atoms with van der Waals surface area (Å²) in [5, 5.41) is 0. The molecule has 0 heterocycles. The number of hydrogen-bond acceptors (Lipinski definition) is 1. The van der Waals surface area contributed by atoms with Gasteiger partial charge >= 0.3 is 0 Å². The van der Waals surface area contributed by atoms with E-state index in [-0.39, 0.29) is 5.60 Å². The molecule has 0 aromatic heterocycles. The van der Waals surface area contributed by atoms with Gasteiger partial charge in [-0.25, -0.2) is 0 Å². The Labute approximate surface area is 236 Å². The van der Waals surface area contributed by atoms with E-state index in [0.717, 1.165) is 12.5 Å². The highest BCUT2D eigenvalue weighted by Crippen LogP contribution is 2.42. The molecule has 0 bridgehead atoms. The van der Waals surface area contributed by atoms with Gasteiger partial charge in [0.25, 0.3) is 0 Å². The Bertz CT molecular complexity index is 440. The molecule has 0 N–H and O–H groups in total. The van der Waals surface area contributed by atoms with Crippen LogP contribution in [0.2, 0.25) is 0 Å². The molecule has 1 aliphatic rings. The van der Waals surface area contributed by atoms with Crippen LogP contribution in [0.4, 0.5) is 0 Å². The van der Waals surface area contributed by atoms with E-state index in [1.165, 1.54) is 193 Å². The summed E-state index contributed by atoms with van der Waals surface area (Å²) >= 11 is 0. The molecule has 0 radical (unpaired) electrons. The second kappa shape index (κ2) is 26.2. The Balaban J connectivity index is 2.56. The summed E-state index contributed by atoms with van der Waals surface area (Å²) in [4.78, 5) is 0. The van der Waals surface area contributed by atoms with Gasteiger partial charge in [-0.3, -0.25) is 0 Å². The number of ether oxygens (including phenoxy) is 1. The Kier molecular flexibility index (Phi) is 24.8. The third-order valence-corrected chi connectivity index (χ3v) is 9.39. The van der Waals surface area contributed by atoms with E-state index in [4.69, 9.17) is 4.74 Å². The van der Waals surface area contributed by atoms with Crippen molar-refractivity contribution in [3.8, 4) is 0 Å². The average molecular weight is 521 g/mol. The summed E-state index contributed by atoms with van der Waals surface area (Å²) in [6, 6.07) is 0. The Morgan fingerprint density at radius 3 is 1.19 bits per heavy atom. The van der Waals surface area contributed by atoms with Crippen molar-refractivity contribution >= 4 is 0 Å². The topological polar surface area (TPSA) is 9.23 Å². The molecular weight excluding hydrogens is 448 g/mol. The third kappa shape index (κ3) is 18.8. The number of hydrogen-bond donors (Lipinski definition) is 0. The van der Waals surface area contributed by atoms with Gasteiger partial charge in [0.15, 0.2) is 0 Å². The Hall–Kier alpha value is -0.0400. The van der Waals surface area contributed by atoms with Crippen LogP contribution in [0.15, 0.2) is 0 Å². The van der Waals surface area contributed by atoms with Crippen LogP contribution in [0.5, 0.6) is 0 Å². The molecule has 1 fully saturated rings. The van der Waals surface area contributed by atoms with E-state index >= 15 is 0 Å². The van der Waals surface area contributed by atoms with Crippen molar-refractivity contribution in [1.82, 2.24) is 0 Å². The molecule has 1 heteroatoms. The molecule has 1 aliphatic carbocycles. The van der Waals surface area contributed by atoms with Crippen LogP contribution in [0.3, 0.4) is 0 Å². The molecule has 1 rings (SSSR count). The standard InChI is InChI=1S/C36H72O/c1-4-7-10-13-16-19-22-28-33-36(35-30-25-24-26-31-35,32-27-21-18-15-12-9-6-3)37-34-29-23-20-17-14-11-8-5-2/h35H,4-34H2,1-3H3. The van der Waals surface area contributed by atoms with E-state index in [0.29, 0.717) is 0 Å². The van der Waals surface area contributed by atoms with E-state index in [1.54, 1.807) is 0 Å². The van der Waals surface area contributed by atoms with Crippen LogP contribution in [-0.4, -0.2) is 12.2 Å². The zero-order valence-corrected chi connectivity index (χ0v) is 26.4. The molecule has 0 aliphatic heterocycles. The van der Waals surface area contributed by atoms with Crippen LogP contribution in [0.1, 0.15) is 213 Å². The van der Waals surface area contributed by atoms with Crippen LogP contribution in [0, 0.1) is 5.92 Å². The first-order chi connectivity index (χ1) is 18.3. The summed E-state index contributed by atoms with van der Waals surface area (Å²) in [6.07, 6.45) is 42.4. The van der Waals surface area contributed by atoms with Crippen molar-refractivity contribution in [3.05, 3.63) is 0 Å². The monoisotopic (exact) mass is 521 g/mol. The van der Waals surface area contributed by atoms with E-state index in [1.807, 2.05) is 0 Å². The molecule has 0 amide bonds. The number of unbranched alkanes of at least 4 members (excludes halogenated alkanes) is 20. The molecule has 0 saturated heterocycles. The lowest BCUT2D eigenvalue weighted by Gasteiger charge is -2.43. The van der Waals surface area contributed by atoms with E-state index < -0.39 is 0 Å². The molecule has 1 saturated carbocycles. The summed E-state index contributed by atoms with van der Waals surface area (Å²) in [7, 11) is 0. The van der Waals surface area contributed by atoms with Gasteiger partial charge in [-0.05, 0) is 38.0 Å². The highest BCUT2D eigenvalue weighted by atomic mass is 16.5. The van der Waals surface area contributed by atoms with E-state index in [2.05, 4.69) is 20.8 Å². The zero-order valence-electron chi connectivity index (χ0n) is 26.4. The van der Waals surface area contributed by atoms with Gasteiger partial charge in [0.1, 0.15) is 0 Å². The predicted molar refractivity (Wildman–Crippen MR) is 168 cm³/mol. The van der Waals surface area contributed by atoms with Crippen molar-refractivity contribution in [1.29, 1.82) is 0 Å². The lowest BCUT2D eigenvalue weighted by Crippen LogP contribution is -2.42. The Morgan fingerprint density at radius 1 is 0.432 bits per heavy atom. The lowest BCUT2D eigenvalue weighted by molar-refractivity contribution is -0.111. The maximum absolute atomic E-state index is 7.12. The summed E-state index contributed by atoms with van der Waals surface area (Å²) in [6.45, 7) is 7.99. The van der Waals surface area contributed by atoms with Crippen molar-refractivity contribution in [3.63, 3.8) is 0 Å². The molecule has 0 aromatic rings. The average Bonchev–Trinajstić information content (AvgIpc) is 2.93. The van der Waals surface area contributed by atoms with Gasteiger partial charge in [0.2, 0.25) is 0 Å². The fraction of sp³-hybridized carbons (Fsp3) is 1.00. The molecule has 37 heavy (non-hydrogen) atoms. The van der Waals surface area contributed by atoms with Gasteiger partial charge in [-0.1, -0.05) is 181 Å². The summed E-state index contributed by atoms with van der Waals surface area (Å²) in [5.74, 6) is 0.833. The maximum Gasteiger partial charge on any atom is 0.0710 e. The molecule has 0 spiro atoms. The normalized spacial score (nSPS) is 16.3. The van der Waals surface area contributed by atoms with Gasteiger partial charge in [0.05, 0.1) is 5.60 Å². The first-order valence-corrected chi connectivity index (χ1v) is 17.9. The van der Waals surface area contributed by atoms with Crippen molar-refractivity contribution < 1.29 is 4.74 Å². The smallest absolute Gasteiger partial charge is 0.0710 e. The quantitative estimate of drug-likeness (QED) is 0.0932. The van der Waals surface area contributed by atoms with Crippen molar-refractivity contribution in [2.24, 2.45) is 5.92 Å². The fourth-order valence-corrected chi connectivity index (χ4v) is 6.87. The van der Waals surface area contributed by atoms with Crippen LogP contribution in [-0.2, 0) is 4.74 Å². The Morgan fingerprint density at radius 2 is 0.784 bits per heavy atom. The van der Waals surface area contributed by atoms with Crippen LogP contribution < -0.4 is 0 Å². The first kappa shape index (κ1) is 35.0. The van der Waals surface area contributed by atoms with Gasteiger partial charge in [-0.2, -0.15) is 0 Å².